The van der Waals surface area contributed by atoms with E-state index in [-0.39, 0.29) is 23.6 Å². The minimum Gasteiger partial charge on any atom is -0.340 e. The van der Waals surface area contributed by atoms with Crippen molar-refractivity contribution < 1.29 is 9.59 Å². The summed E-state index contributed by atoms with van der Waals surface area (Å²) < 4.78 is 0. The van der Waals surface area contributed by atoms with Crippen LogP contribution in [0.4, 0.5) is 0 Å². The summed E-state index contributed by atoms with van der Waals surface area (Å²) in [5, 5.41) is 0. The van der Waals surface area contributed by atoms with Gasteiger partial charge in [0.2, 0.25) is 11.8 Å². The SMILES string of the molecule is CCCCCCCCCCCCCCN(CCN(CCCCCCCCCCCCCC)C(=O)CCl)C(=O)CCl. The Bertz CT molecular complexity index is 514. The van der Waals surface area contributed by atoms with Crippen LogP contribution in [0.3, 0.4) is 0 Å². The largest absolute Gasteiger partial charge is 0.340 e. The number of rotatable bonds is 31. The molecule has 6 heteroatoms. The van der Waals surface area contributed by atoms with Crippen LogP contribution in [-0.2, 0) is 9.59 Å². The molecule has 0 aromatic rings. The Morgan fingerprint density at radius 1 is 0.375 bits per heavy atom. The minimum absolute atomic E-state index is 0.000445. The van der Waals surface area contributed by atoms with Crippen LogP contribution < -0.4 is 0 Å². The summed E-state index contributed by atoms with van der Waals surface area (Å²) in [6.45, 7) is 7.08. The molecule has 0 fully saturated rings. The van der Waals surface area contributed by atoms with E-state index in [9.17, 15) is 9.59 Å². The van der Waals surface area contributed by atoms with E-state index in [0.717, 1.165) is 38.8 Å². The monoisotopic (exact) mass is 604 g/mol. The van der Waals surface area contributed by atoms with E-state index in [4.69, 9.17) is 23.2 Å². The first-order valence-electron chi connectivity index (χ1n) is 17.3. The molecule has 0 aliphatic heterocycles. The van der Waals surface area contributed by atoms with Gasteiger partial charge in [0.15, 0.2) is 0 Å². The van der Waals surface area contributed by atoms with Crippen molar-refractivity contribution >= 4 is 35.0 Å². The molecule has 0 spiro atoms. The van der Waals surface area contributed by atoms with Gasteiger partial charge >= 0.3 is 0 Å². The maximum absolute atomic E-state index is 12.4. The molecule has 0 aromatic carbocycles. The van der Waals surface area contributed by atoms with Crippen molar-refractivity contribution in [3.05, 3.63) is 0 Å². The standard InChI is InChI=1S/C34H66Cl2N2O2/c1-3-5-7-9-11-13-15-17-19-21-23-25-27-37(33(39)31-35)29-30-38(34(40)32-36)28-26-24-22-20-18-16-14-12-10-8-6-4-2/h3-32H2,1-2H3. The average molecular weight is 606 g/mol. The molecule has 238 valence electrons. The molecule has 0 unspecified atom stereocenters. The van der Waals surface area contributed by atoms with E-state index < -0.39 is 0 Å². The zero-order chi connectivity index (χ0) is 29.5. The lowest BCUT2D eigenvalue weighted by atomic mass is 10.1. The number of hydrogen-bond donors (Lipinski definition) is 0. The summed E-state index contributed by atoms with van der Waals surface area (Å²) in [6, 6.07) is 0. The van der Waals surface area contributed by atoms with Crippen LogP contribution in [0.2, 0.25) is 0 Å². The van der Waals surface area contributed by atoms with Crippen LogP contribution >= 0.6 is 23.2 Å². The van der Waals surface area contributed by atoms with Gasteiger partial charge in [-0.05, 0) is 12.8 Å². The lowest BCUT2D eigenvalue weighted by molar-refractivity contribution is -0.132. The zero-order valence-corrected chi connectivity index (χ0v) is 28.2. The van der Waals surface area contributed by atoms with Crippen molar-refractivity contribution in [2.45, 2.75) is 168 Å². The highest BCUT2D eigenvalue weighted by Crippen LogP contribution is 2.14. The summed E-state index contributed by atoms with van der Waals surface area (Å²) in [5.74, 6) is -0.0669. The van der Waals surface area contributed by atoms with E-state index in [1.807, 2.05) is 9.80 Å². The number of carbonyl (C=O) groups is 2. The van der Waals surface area contributed by atoms with E-state index >= 15 is 0 Å². The lowest BCUT2D eigenvalue weighted by Gasteiger charge is -2.27. The predicted molar refractivity (Wildman–Crippen MR) is 177 cm³/mol. The van der Waals surface area contributed by atoms with Crippen molar-refractivity contribution in [2.75, 3.05) is 37.9 Å². The Hall–Kier alpha value is -0.480. The Labute approximate surface area is 259 Å². The van der Waals surface area contributed by atoms with Crippen LogP contribution in [0.5, 0.6) is 0 Å². The molecule has 2 amide bonds. The molecule has 0 aliphatic rings. The third-order valence-corrected chi connectivity index (χ3v) is 8.59. The van der Waals surface area contributed by atoms with Crippen LogP contribution in [0.15, 0.2) is 0 Å². The van der Waals surface area contributed by atoms with Gasteiger partial charge < -0.3 is 9.80 Å². The number of carbonyl (C=O) groups excluding carboxylic acids is 2. The van der Waals surface area contributed by atoms with Gasteiger partial charge in [-0.3, -0.25) is 9.59 Å². The Kier molecular flexibility index (Phi) is 31.1. The van der Waals surface area contributed by atoms with Gasteiger partial charge in [0.05, 0.1) is 0 Å². The molecule has 4 nitrogen and oxygen atoms in total. The second-order valence-corrected chi connectivity index (χ2v) is 12.3. The molecular weight excluding hydrogens is 539 g/mol. The Morgan fingerprint density at radius 3 is 0.825 bits per heavy atom. The molecule has 0 aromatic heterocycles. The van der Waals surface area contributed by atoms with Crippen molar-refractivity contribution in [3.8, 4) is 0 Å². The first-order chi connectivity index (χ1) is 19.6. The maximum atomic E-state index is 12.4. The molecule has 0 atom stereocenters. The van der Waals surface area contributed by atoms with Gasteiger partial charge in [0.1, 0.15) is 11.8 Å². The third-order valence-electron chi connectivity index (χ3n) is 8.14. The van der Waals surface area contributed by atoms with Gasteiger partial charge in [-0.15, -0.1) is 23.2 Å². The first-order valence-corrected chi connectivity index (χ1v) is 18.3. The van der Waals surface area contributed by atoms with Gasteiger partial charge in [0, 0.05) is 26.2 Å². The van der Waals surface area contributed by atoms with Gasteiger partial charge in [0.25, 0.3) is 0 Å². The van der Waals surface area contributed by atoms with Crippen molar-refractivity contribution in [1.82, 2.24) is 9.80 Å². The van der Waals surface area contributed by atoms with E-state index in [0.29, 0.717) is 13.1 Å². The molecule has 0 aliphatic carbocycles. The third kappa shape index (κ3) is 25.2. The number of nitrogens with zero attached hydrogens (tertiary/aromatic N) is 2. The lowest BCUT2D eigenvalue weighted by Crippen LogP contribution is -2.42. The second kappa shape index (κ2) is 31.5. The number of halogens is 2. The highest BCUT2D eigenvalue weighted by Gasteiger charge is 2.17. The fourth-order valence-electron chi connectivity index (χ4n) is 5.42. The Balaban J connectivity index is 4.06. The molecule has 0 bridgehead atoms. The first kappa shape index (κ1) is 39.5. The number of unbranched alkanes of at least 4 members (excludes halogenated alkanes) is 22. The molecule has 0 saturated carbocycles. The predicted octanol–water partition coefficient (Wildman–Crippen LogP) is 10.5. The maximum Gasteiger partial charge on any atom is 0.237 e. The quantitative estimate of drug-likeness (QED) is 0.0583. The highest BCUT2D eigenvalue weighted by atomic mass is 35.5. The molecule has 40 heavy (non-hydrogen) atoms. The number of hydrogen-bond acceptors (Lipinski definition) is 2. The molecular formula is C34H66Cl2N2O2. The Morgan fingerprint density at radius 2 is 0.600 bits per heavy atom. The summed E-state index contributed by atoms with van der Waals surface area (Å²) in [6.07, 6.45) is 31.2. The van der Waals surface area contributed by atoms with Crippen molar-refractivity contribution in [1.29, 1.82) is 0 Å². The average Bonchev–Trinajstić information content (AvgIpc) is 2.97. The summed E-state index contributed by atoms with van der Waals surface area (Å²) in [7, 11) is 0. The minimum atomic E-state index is -0.0339. The van der Waals surface area contributed by atoms with Crippen LogP contribution in [0.25, 0.3) is 0 Å². The van der Waals surface area contributed by atoms with Gasteiger partial charge in [-0.1, -0.05) is 155 Å². The molecule has 0 saturated heterocycles. The summed E-state index contributed by atoms with van der Waals surface area (Å²) >= 11 is 11.8. The molecule has 0 N–H and O–H groups in total. The van der Waals surface area contributed by atoms with E-state index in [2.05, 4.69) is 13.8 Å². The van der Waals surface area contributed by atoms with Gasteiger partial charge in [-0.25, -0.2) is 0 Å². The van der Waals surface area contributed by atoms with E-state index in [1.165, 1.54) is 128 Å². The van der Waals surface area contributed by atoms with E-state index in [1.54, 1.807) is 0 Å². The number of amides is 2. The summed E-state index contributed by atoms with van der Waals surface area (Å²) in [5.41, 5.74) is 0. The van der Waals surface area contributed by atoms with Crippen LogP contribution in [0.1, 0.15) is 168 Å². The number of alkyl halides is 2. The molecule has 0 radical (unpaired) electrons. The normalized spacial score (nSPS) is 11.2. The summed E-state index contributed by atoms with van der Waals surface area (Å²) in [4.78, 5) is 28.6. The zero-order valence-electron chi connectivity index (χ0n) is 26.7. The fourth-order valence-corrected chi connectivity index (χ4v) is 5.76. The topological polar surface area (TPSA) is 40.6 Å². The van der Waals surface area contributed by atoms with Crippen LogP contribution in [0, 0.1) is 0 Å². The fraction of sp³-hybridized carbons (Fsp3) is 0.941. The van der Waals surface area contributed by atoms with Crippen LogP contribution in [-0.4, -0.2) is 59.6 Å². The smallest absolute Gasteiger partial charge is 0.237 e. The van der Waals surface area contributed by atoms with Crippen molar-refractivity contribution in [2.24, 2.45) is 0 Å². The second-order valence-electron chi connectivity index (χ2n) is 11.8. The van der Waals surface area contributed by atoms with Crippen molar-refractivity contribution in [3.63, 3.8) is 0 Å². The highest BCUT2D eigenvalue weighted by molar-refractivity contribution is 6.27. The van der Waals surface area contributed by atoms with Gasteiger partial charge in [-0.2, -0.15) is 0 Å². The molecule has 0 heterocycles. The molecule has 0 rings (SSSR count).